The molecule has 1 saturated heterocycles. The summed E-state index contributed by atoms with van der Waals surface area (Å²) in [6.45, 7) is 3.64. The van der Waals surface area contributed by atoms with E-state index in [0.29, 0.717) is 6.42 Å². The normalized spacial score (nSPS) is 33.2. The molecule has 0 aromatic heterocycles. The van der Waals surface area contributed by atoms with E-state index in [4.69, 9.17) is 0 Å². The second kappa shape index (κ2) is 1.78. The molecule has 0 aliphatic carbocycles. The number of hydrogen-bond donors (Lipinski definition) is 1. The number of hydrogen-bond acceptors (Lipinski definition) is 2. The Hall–Kier alpha value is -0.410. The average molecular weight is 129 g/mol. The zero-order valence-corrected chi connectivity index (χ0v) is 5.73. The summed E-state index contributed by atoms with van der Waals surface area (Å²) in [7, 11) is 0. The number of hydroxylamine groups is 2. The molecule has 0 radical (unpaired) electrons. The predicted octanol–water partition coefficient (Wildman–Crippen LogP) is -0.532. The van der Waals surface area contributed by atoms with E-state index in [1.807, 2.05) is 13.8 Å². The van der Waals surface area contributed by atoms with Crippen LogP contribution in [-0.4, -0.2) is 11.4 Å². The van der Waals surface area contributed by atoms with Crippen LogP contribution in [0.5, 0.6) is 0 Å². The molecule has 0 aromatic carbocycles. The first-order valence-corrected chi connectivity index (χ1v) is 3.12. The Kier molecular flexibility index (Phi) is 1.33. The van der Waals surface area contributed by atoms with Crippen LogP contribution in [0.4, 0.5) is 0 Å². The molecule has 1 aliphatic heterocycles. The average Bonchev–Trinajstić information content (AvgIpc) is 1.97. The third-order valence-corrected chi connectivity index (χ3v) is 1.84. The van der Waals surface area contributed by atoms with Crippen LogP contribution in [0.3, 0.4) is 0 Å². The van der Waals surface area contributed by atoms with Gasteiger partial charge in [-0.15, -0.1) is 0 Å². The molecule has 1 heterocycles. The van der Waals surface area contributed by atoms with Crippen molar-refractivity contribution < 1.29 is 9.86 Å². The maximum Gasteiger partial charge on any atom is 0.312 e. The number of carbonyl (C=O) groups excluding carboxylic acids is 1. The summed E-state index contributed by atoms with van der Waals surface area (Å²) >= 11 is 0. The van der Waals surface area contributed by atoms with Crippen LogP contribution in [0.25, 0.3) is 0 Å². The van der Waals surface area contributed by atoms with Crippen molar-refractivity contribution in [3.8, 4) is 0 Å². The number of rotatable bonds is 0. The first-order chi connectivity index (χ1) is 4.04. The molecular weight excluding hydrogens is 118 g/mol. The van der Waals surface area contributed by atoms with Gasteiger partial charge in [-0.1, -0.05) is 0 Å². The van der Waals surface area contributed by atoms with Crippen LogP contribution in [0.15, 0.2) is 0 Å². The predicted molar refractivity (Wildman–Crippen MR) is 32.6 cm³/mol. The van der Waals surface area contributed by atoms with Gasteiger partial charge in [-0.05, 0) is 13.8 Å². The molecule has 0 spiro atoms. The molecule has 1 unspecified atom stereocenters. The van der Waals surface area contributed by atoms with E-state index in [0.717, 1.165) is 6.42 Å². The lowest BCUT2D eigenvalue weighted by Gasteiger charge is -2.28. The SMILES string of the molecule is CC1(C)CCC(=O)[NH+]1[O-]. The van der Waals surface area contributed by atoms with Crippen molar-refractivity contribution in [3.05, 3.63) is 5.21 Å². The highest BCUT2D eigenvalue weighted by Gasteiger charge is 2.37. The van der Waals surface area contributed by atoms with Crippen LogP contribution in [-0.2, 0) is 4.79 Å². The molecule has 3 nitrogen and oxygen atoms in total. The van der Waals surface area contributed by atoms with Gasteiger partial charge in [0, 0.05) is 6.42 Å². The molecule has 0 bridgehead atoms. The van der Waals surface area contributed by atoms with Gasteiger partial charge in [0.2, 0.25) is 0 Å². The number of nitrogens with one attached hydrogen (secondary N) is 1. The Balaban J connectivity index is 2.73. The summed E-state index contributed by atoms with van der Waals surface area (Å²) in [4.78, 5) is 10.6. The van der Waals surface area contributed by atoms with Gasteiger partial charge < -0.3 is 10.3 Å². The Morgan fingerprint density at radius 3 is 2.33 bits per heavy atom. The first kappa shape index (κ1) is 6.71. The quantitative estimate of drug-likeness (QED) is 0.447. The monoisotopic (exact) mass is 129 g/mol. The summed E-state index contributed by atoms with van der Waals surface area (Å²) in [6, 6.07) is 0. The molecule has 1 rings (SSSR count). The Bertz CT molecular complexity index is 142. The fraction of sp³-hybridized carbons (Fsp3) is 0.833. The van der Waals surface area contributed by atoms with E-state index in [1.165, 1.54) is 0 Å². The first-order valence-electron chi connectivity index (χ1n) is 3.12. The lowest BCUT2D eigenvalue weighted by molar-refractivity contribution is -0.812. The second-order valence-electron chi connectivity index (χ2n) is 3.14. The zero-order chi connectivity index (χ0) is 7.07. The Labute approximate surface area is 54.2 Å². The molecule has 1 aliphatic rings. The Morgan fingerprint density at radius 2 is 2.22 bits per heavy atom. The van der Waals surface area contributed by atoms with Gasteiger partial charge in [0.05, 0.1) is 12.0 Å². The summed E-state index contributed by atoms with van der Waals surface area (Å²) in [5, 5.41) is 10.7. The molecule has 52 valence electrons. The van der Waals surface area contributed by atoms with Crippen molar-refractivity contribution in [1.29, 1.82) is 0 Å². The standard InChI is InChI=1S/C6H11NO2/c1-6(2)4-3-5(8)7(6)9/h7H,3-4H2,1-2H3. The van der Waals surface area contributed by atoms with Gasteiger partial charge in [0.15, 0.2) is 0 Å². The summed E-state index contributed by atoms with van der Waals surface area (Å²) < 4.78 is 0. The van der Waals surface area contributed by atoms with Crippen LogP contribution in [0.2, 0.25) is 0 Å². The van der Waals surface area contributed by atoms with Crippen LogP contribution >= 0.6 is 0 Å². The van der Waals surface area contributed by atoms with E-state index in [2.05, 4.69) is 0 Å². The maximum absolute atomic E-state index is 10.9. The summed E-state index contributed by atoms with van der Waals surface area (Å²) in [6.07, 6.45) is 1.18. The zero-order valence-electron chi connectivity index (χ0n) is 5.73. The van der Waals surface area contributed by atoms with Gasteiger partial charge in [-0.3, -0.25) is 0 Å². The smallest absolute Gasteiger partial charge is 0.312 e. The fourth-order valence-corrected chi connectivity index (χ4v) is 1.03. The van der Waals surface area contributed by atoms with Gasteiger partial charge >= 0.3 is 5.91 Å². The largest absolute Gasteiger partial charge is 0.626 e. The van der Waals surface area contributed by atoms with Crippen molar-refractivity contribution in [2.24, 2.45) is 0 Å². The lowest BCUT2D eigenvalue weighted by atomic mass is 10.0. The number of carbonyl (C=O) groups is 1. The summed E-state index contributed by atoms with van der Waals surface area (Å²) in [5.74, 6) is -0.194. The molecule has 3 heteroatoms. The van der Waals surface area contributed by atoms with E-state index in [9.17, 15) is 10.0 Å². The van der Waals surface area contributed by atoms with Crippen molar-refractivity contribution >= 4 is 5.91 Å². The summed E-state index contributed by atoms with van der Waals surface area (Å²) in [5.41, 5.74) is -0.364. The lowest BCUT2D eigenvalue weighted by Crippen LogP contribution is -3.15. The van der Waals surface area contributed by atoms with Crippen LogP contribution < -0.4 is 5.06 Å². The van der Waals surface area contributed by atoms with E-state index < -0.39 is 0 Å². The fourth-order valence-electron chi connectivity index (χ4n) is 1.03. The van der Waals surface area contributed by atoms with Crippen molar-refractivity contribution in [2.45, 2.75) is 32.2 Å². The van der Waals surface area contributed by atoms with Gasteiger partial charge in [-0.2, -0.15) is 0 Å². The minimum Gasteiger partial charge on any atom is -0.626 e. The molecular formula is C6H11NO2. The van der Waals surface area contributed by atoms with E-state index in [-0.39, 0.29) is 16.5 Å². The van der Waals surface area contributed by atoms with E-state index in [1.54, 1.807) is 0 Å². The minimum absolute atomic E-state index is 0.192. The van der Waals surface area contributed by atoms with Crippen molar-refractivity contribution in [1.82, 2.24) is 0 Å². The molecule has 1 N–H and O–H groups in total. The molecule has 0 saturated carbocycles. The van der Waals surface area contributed by atoms with Gasteiger partial charge in [0.25, 0.3) is 0 Å². The highest BCUT2D eigenvalue weighted by molar-refractivity contribution is 5.69. The highest BCUT2D eigenvalue weighted by atomic mass is 16.5. The highest BCUT2D eigenvalue weighted by Crippen LogP contribution is 2.11. The molecule has 1 fully saturated rings. The molecule has 1 amide bonds. The van der Waals surface area contributed by atoms with Crippen molar-refractivity contribution in [2.75, 3.05) is 0 Å². The van der Waals surface area contributed by atoms with E-state index >= 15 is 0 Å². The van der Waals surface area contributed by atoms with Crippen molar-refractivity contribution in [3.63, 3.8) is 0 Å². The Morgan fingerprint density at radius 1 is 1.67 bits per heavy atom. The third-order valence-electron chi connectivity index (χ3n) is 1.84. The molecule has 0 aromatic rings. The van der Waals surface area contributed by atoms with Gasteiger partial charge in [-0.25, -0.2) is 4.79 Å². The van der Waals surface area contributed by atoms with Gasteiger partial charge in [0.1, 0.15) is 0 Å². The minimum atomic E-state index is -0.364. The molecule has 9 heavy (non-hydrogen) atoms. The van der Waals surface area contributed by atoms with Crippen LogP contribution in [0, 0.1) is 5.21 Å². The number of quaternary nitrogens is 1. The maximum atomic E-state index is 10.9. The second-order valence-corrected chi connectivity index (χ2v) is 3.14. The third kappa shape index (κ3) is 0.976. The van der Waals surface area contributed by atoms with Crippen LogP contribution in [0.1, 0.15) is 26.7 Å². The molecule has 1 atom stereocenters. The topological polar surface area (TPSA) is 44.6 Å². The number of amides is 1.